The van der Waals surface area contributed by atoms with Crippen molar-refractivity contribution in [3.8, 4) is 0 Å². The Morgan fingerprint density at radius 3 is 2.00 bits per heavy atom. The van der Waals surface area contributed by atoms with Gasteiger partial charge in [-0.3, -0.25) is 0 Å². The summed E-state index contributed by atoms with van der Waals surface area (Å²) >= 11 is 0. The molecule has 2 aromatic carbocycles. The summed E-state index contributed by atoms with van der Waals surface area (Å²) in [7, 11) is 0. The van der Waals surface area contributed by atoms with Gasteiger partial charge in [0.15, 0.2) is 0 Å². The van der Waals surface area contributed by atoms with Gasteiger partial charge in [-0.25, -0.2) is 0 Å². The van der Waals surface area contributed by atoms with Crippen LogP contribution in [0.2, 0.25) is 0 Å². The van der Waals surface area contributed by atoms with Gasteiger partial charge in [0.2, 0.25) is 0 Å². The fourth-order valence-corrected chi connectivity index (χ4v) is 2.28. The summed E-state index contributed by atoms with van der Waals surface area (Å²) in [6, 6.07) is 21.1. The van der Waals surface area contributed by atoms with Crippen molar-refractivity contribution < 1.29 is 0 Å². The van der Waals surface area contributed by atoms with Crippen molar-refractivity contribution in [2.24, 2.45) is 0 Å². The van der Waals surface area contributed by atoms with E-state index in [1.54, 1.807) is 0 Å². The second-order valence-electron chi connectivity index (χ2n) is 5.22. The molecular weight excluding hydrogens is 230 g/mol. The van der Waals surface area contributed by atoms with Gasteiger partial charge in [-0.15, -0.1) is 0 Å². The largest absolute Gasteiger partial charge is 0.365 e. The predicted molar refractivity (Wildman–Crippen MR) is 81.7 cm³/mol. The third-order valence-corrected chi connectivity index (χ3v) is 3.61. The van der Waals surface area contributed by atoms with Gasteiger partial charge >= 0.3 is 0 Å². The molecule has 0 heterocycles. The molecule has 0 aliphatic carbocycles. The van der Waals surface area contributed by atoms with Crippen LogP contribution in [-0.2, 0) is 12.1 Å². The van der Waals surface area contributed by atoms with E-state index in [0.29, 0.717) is 0 Å². The molecule has 0 atom stereocenters. The van der Waals surface area contributed by atoms with Crippen molar-refractivity contribution in [2.75, 3.05) is 0 Å². The first-order valence-electron chi connectivity index (χ1n) is 6.63. The van der Waals surface area contributed by atoms with Crippen LogP contribution in [0.4, 0.5) is 0 Å². The van der Waals surface area contributed by atoms with Crippen molar-refractivity contribution in [3.63, 3.8) is 0 Å². The highest BCUT2D eigenvalue weighted by molar-refractivity contribution is 5.24. The van der Waals surface area contributed by atoms with E-state index in [1.807, 2.05) is 12.3 Å². The molecule has 0 spiro atoms. The van der Waals surface area contributed by atoms with Crippen molar-refractivity contribution >= 4 is 0 Å². The summed E-state index contributed by atoms with van der Waals surface area (Å²) in [6.45, 7) is 9.30. The van der Waals surface area contributed by atoms with Crippen LogP contribution < -0.4 is 0 Å². The second-order valence-corrected chi connectivity index (χ2v) is 5.22. The maximum Gasteiger partial charge on any atom is 0.0595 e. The molecule has 0 fully saturated rings. The third-order valence-electron chi connectivity index (χ3n) is 3.61. The van der Waals surface area contributed by atoms with E-state index in [4.69, 9.17) is 0 Å². The first kappa shape index (κ1) is 13.4. The Morgan fingerprint density at radius 1 is 0.947 bits per heavy atom. The molecule has 2 rings (SSSR count). The molecule has 0 saturated heterocycles. The van der Waals surface area contributed by atoms with Gasteiger partial charge < -0.3 is 4.90 Å². The quantitative estimate of drug-likeness (QED) is 0.752. The summed E-state index contributed by atoms with van der Waals surface area (Å²) in [4.78, 5) is 2.28. The van der Waals surface area contributed by atoms with Gasteiger partial charge in [0.1, 0.15) is 0 Å². The van der Waals surface area contributed by atoms with Crippen molar-refractivity contribution in [1.82, 2.24) is 4.90 Å². The topological polar surface area (TPSA) is 3.24 Å². The molecule has 98 valence electrons. The highest BCUT2D eigenvalue weighted by Crippen LogP contribution is 2.29. The van der Waals surface area contributed by atoms with Crippen LogP contribution in [-0.4, -0.2) is 4.90 Å². The number of rotatable bonds is 5. The van der Waals surface area contributed by atoms with Gasteiger partial charge in [0, 0.05) is 6.54 Å². The Balaban J connectivity index is 2.24. The van der Waals surface area contributed by atoms with Crippen LogP contribution in [0.25, 0.3) is 0 Å². The van der Waals surface area contributed by atoms with Gasteiger partial charge in [-0.1, -0.05) is 67.2 Å². The molecule has 0 aliphatic rings. The van der Waals surface area contributed by atoms with Crippen LogP contribution in [0, 0.1) is 0 Å². The summed E-state index contributed by atoms with van der Waals surface area (Å²) in [5.74, 6) is 0. The van der Waals surface area contributed by atoms with E-state index in [2.05, 4.69) is 79.9 Å². The normalized spacial score (nSPS) is 11.1. The zero-order valence-corrected chi connectivity index (χ0v) is 11.7. The average molecular weight is 251 g/mol. The summed E-state index contributed by atoms with van der Waals surface area (Å²) in [6.07, 6.45) is 1.93. The minimum Gasteiger partial charge on any atom is -0.365 e. The molecule has 0 bridgehead atoms. The molecule has 2 aromatic rings. The van der Waals surface area contributed by atoms with Gasteiger partial charge in [0.25, 0.3) is 0 Å². The van der Waals surface area contributed by atoms with E-state index < -0.39 is 0 Å². The predicted octanol–water partition coefficient (Wildman–Crippen LogP) is 4.57. The molecule has 1 heteroatoms. The zero-order valence-electron chi connectivity index (χ0n) is 11.7. The fraction of sp³-hybridized carbons (Fsp3) is 0.222. The Bertz CT molecular complexity index is 514. The number of nitrogens with zero attached hydrogens (tertiary/aromatic N) is 1. The second kappa shape index (κ2) is 5.75. The molecule has 0 aromatic heterocycles. The first-order valence-corrected chi connectivity index (χ1v) is 6.63. The molecule has 0 radical (unpaired) electrons. The van der Waals surface area contributed by atoms with Crippen molar-refractivity contribution in [1.29, 1.82) is 0 Å². The lowest BCUT2D eigenvalue weighted by Gasteiger charge is -2.38. The minimum atomic E-state index is -0.0706. The monoisotopic (exact) mass is 251 g/mol. The molecule has 19 heavy (non-hydrogen) atoms. The lowest BCUT2D eigenvalue weighted by molar-refractivity contribution is 0.178. The highest BCUT2D eigenvalue weighted by atomic mass is 15.2. The Morgan fingerprint density at radius 2 is 1.47 bits per heavy atom. The number of hydrogen-bond donors (Lipinski definition) is 0. The standard InChI is InChI=1S/C18H21N/c1-4-19(15-16-11-7-5-8-12-16)18(2,3)17-13-9-6-10-14-17/h4-14H,1,15H2,2-3H3. The first-order chi connectivity index (χ1) is 9.14. The molecule has 0 amide bonds. The Hall–Kier alpha value is -2.02. The summed E-state index contributed by atoms with van der Waals surface area (Å²) < 4.78 is 0. The Kier molecular flexibility index (Phi) is 4.06. The van der Waals surface area contributed by atoms with E-state index in [0.717, 1.165) is 6.54 Å². The minimum absolute atomic E-state index is 0.0706. The molecule has 0 unspecified atom stereocenters. The van der Waals surface area contributed by atoms with E-state index >= 15 is 0 Å². The lowest BCUT2D eigenvalue weighted by atomic mass is 9.92. The molecule has 1 nitrogen and oxygen atoms in total. The third kappa shape index (κ3) is 3.05. The average Bonchev–Trinajstić information content (AvgIpc) is 2.46. The lowest BCUT2D eigenvalue weighted by Crippen LogP contribution is -2.37. The smallest absolute Gasteiger partial charge is 0.0595 e. The molecular formula is C18H21N. The summed E-state index contributed by atoms with van der Waals surface area (Å²) in [5, 5.41) is 0. The number of benzene rings is 2. The summed E-state index contributed by atoms with van der Waals surface area (Å²) in [5.41, 5.74) is 2.52. The van der Waals surface area contributed by atoms with E-state index in [9.17, 15) is 0 Å². The fourth-order valence-electron chi connectivity index (χ4n) is 2.28. The van der Waals surface area contributed by atoms with Crippen LogP contribution in [0.3, 0.4) is 0 Å². The van der Waals surface area contributed by atoms with Crippen LogP contribution in [0.5, 0.6) is 0 Å². The maximum atomic E-state index is 3.97. The van der Waals surface area contributed by atoms with E-state index in [1.165, 1.54) is 11.1 Å². The molecule has 0 saturated carbocycles. The van der Waals surface area contributed by atoms with Gasteiger partial charge in [-0.05, 0) is 31.2 Å². The maximum absolute atomic E-state index is 3.97. The molecule has 0 aliphatic heterocycles. The van der Waals surface area contributed by atoms with Crippen LogP contribution in [0.1, 0.15) is 25.0 Å². The SMILES string of the molecule is C=CN(Cc1ccccc1)C(C)(C)c1ccccc1. The number of hydrogen-bond acceptors (Lipinski definition) is 1. The van der Waals surface area contributed by atoms with Gasteiger partial charge in [0.05, 0.1) is 5.54 Å². The van der Waals surface area contributed by atoms with Crippen LogP contribution in [0.15, 0.2) is 73.4 Å². The van der Waals surface area contributed by atoms with Crippen molar-refractivity contribution in [2.45, 2.75) is 25.9 Å². The van der Waals surface area contributed by atoms with Gasteiger partial charge in [-0.2, -0.15) is 0 Å². The van der Waals surface area contributed by atoms with Crippen molar-refractivity contribution in [3.05, 3.63) is 84.6 Å². The molecule has 0 N–H and O–H groups in total. The zero-order chi connectivity index (χ0) is 13.7. The van der Waals surface area contributed by atoms with E-state index in [-0.39, 0.29) is 5.54 Å². The highest BCUT2D eigenvalue weighted by Gasteiger charge is 2.25. The van der Waals surface area contributed by atoms with Crippen LogP contribution >= 0.6 is 0 Å². The Labute approximate surface area is 116 Å².